The quantitative estimate of drug-likeness (QED) is 0.588. The van der Waals surface area contributed by atoms with Crippen LogP contribution in [-0.4, -0.2) is 49.0 Å². The summed E-state index contributed by atoms with van der Waals surface area (Å²) in [5.74, 6) is -0.286. The summed E-state index contributed by atoms with van der Waals surface area (Å²) in [6.07, 6.45) is 0.249. The third kappa shape index (κ3) is 4.73. The fraction of sp³-hybridized carbons (Fsp3) is 0.333. The van der Waals surface area contributed by atoms with Crippen molar-refractivity contribution >= 4 is 27.3 Å². The van der Waals surface area contributed by atoms with Gasteiger partial charge in [0.05, 0.1) is 11.4 Å². The molecule has 1 aromatic heterocycles. The number of carbonyl (C=O) groups excluding carboxylic acids is 1. The van der Waals surface area contributed by atoms with Crippen LogP contribution < -0.4 is 10.2 Å². The Morgan fingerprint density at radius 2 is 1.91 bits per heavy atom. The van der Waals surface area contributed by atoms with Gasteiger partial charge in [-0.25, -0.2) is 18.2 Å². The summed E-state index contributed by atoms with van der Waals surface area (Å²) in [4.78, 5) is 19.1. The molecule has 0 fully saturated rings. The third-order valence-electron chi connectivity index (χ3n) is 5.80. The zero-order valence-corrected chi connectivity index (χ0v) is 19.8. The second kappa shape index (κ2) is 9.27. The number of ether oxygens (including phenoxy) is 1. The van der Waals surface area contributed by atoms with Crippen molar-refractivity contribution in [3.05, 3.63) is 66.1 Å². The number of sulfone groups is 1. The molecule has 1 atom stereocenters. The molecule has 2 aromatic carbocycles. The van der Waals surface area contributed by atoms with Crippen LogP contribution in [0.25, 0.3) is 5.69 Å². The number of fused-ring (bicyclic) bond motifs is 1. The standard InChI is InChI=1S/C24H28N4O4S/c1-4-27(5-2)19-11-12-21(17(3)13-19)26-24(29)32-20-14-22-23(33(30,31)15-20)28(16-25-22)18-9-7-6-8-10-18/h6-13,16,20H,4-5,14-15H2,1-3H3,(H,26,29). The normalized spacial score (nSPS) is 16.6. The maximum Gasteiger partial charge on any atom is 0.411 e. The largest absolute Gasteiger partial charge is 0.444 e. The summed E-state index contributed by atoms with van der Waals surface area (Å²) in [6.45, 7) is 7.88. The Morgan fingerprint density at radius 3 is 2.58 bits per heavy atom. The number of nitrogens with one attached hydrogen (secondary N) is 1. The number of anilines is 2. The van der Waals surface area contributed by atoms with E-state index in [0.29, 0.717) is 11.4 Å². The fourth-order valence-electron chi connectivity index (χ4n) is 4.15. The maximum absolute atomic E-state index is 13.0. The predicted octanol–water partition coefficient (Wildman–Crippen LogP) is 3.97. The number of imidazole rings is 1. The van der Waals surface area contributed by atoms with Crippen molar-refractivity contribution in [3.63, 3.8) is 0 Å². The molecule has 33 heavy (non-hydrogen) atoms. The van der Waals surface area contributed by atoms with Crippen molar-refractivity contribution < 1.29 is 17.9 Å². The van der Waals surface area contributed by atoms with Gasteiger partial charge < -0.3 is 9.64 Å². The summed E-state index contributed by atoms with van der Waals surface area (Å²) < 4.78 is 33.1. The van der Waals surface area contributed by atoms with Crippen molar-refractivity contribution in [3.8, 4) is 5.69 Å². The average molecular weight is 469 g/mol. The Morgan fingerprint density at radius 1 is 1.18 bits per heavy atom. The Kier molecular flexibility index (Phi) is 6.42. The highest BCUT2D eigenvalue weighted by atomic mass is 32.2. The lowest BCUT2D eigenvalue weighted by atomic mass is 10.1. The molecule has 174 valence electrons. The van der Waals surface area contributed by atoms with Gasteiger partial charge in [0.25, 0.3) is 0 Å². The highest BCUT2D eigenvalue weighted by Crippen LogP contribution is 2.29. The number of aromatic nitrogens is 2. The minimum absolute atomic E-state index is 0.164. The van der Waals surface area contributed by atoms with E-state index in [1.807, 2.05) is 55.5 Å². The minimum Gasteiger partial charge on any atom is -0.444 e. The summed E-state index contributed by atoms with van der Waals surface area (Å²) in [7, 11) is -3.68. The van der Waals surface area contributed by atoms with Crippen LogP contribution in [0.1, 0.15) is 25.1 Å². The zero-order chi connectivity index (χ0) is 23.6. The van der Waals surface area contributed by atoms with E-state index in [1.165, 1.54) is 6.33 Å². The lowest BCUT2D eigenvalue weighted by molar-refractivity contribution is 0.120. The van der Waals surface area contributed by atoms with Crippen molar-refractivity contribution in [1.29, 1.82) is 0 Å². The molecule has 0 saturated carbocycles. The first-order valence-electron chi connectivity index (χ1n) is 11.0. The SMILES string of the molecule is CCN(CC)c1ccc(NC(=O)OC2Cc3ncn(-c4ccccc4)c3S(=O)(=O)C2)c(C)c1. The van der Waals surface area contributed by atoms with E-state index in [-0.39, 0.29) is 17.2 Å². The van der Waals surface area contributed by atoms with Crippen LogP contribution in [-0.2, 0) is 21.0 Å². The van der Waals surface area contributed by atoms with Crippen LogP contribution in [0.15, 0.2) is 59.9 Å². The van der Waals surface area contributed by atoms with Gasteiger partial charge in [-0.15, -0.1) is 0 Å². The average Bonchev–Trinajstić information content (AvgIpc) is 3.22. The summed E-state index contributed by atoms with van der Waals surface area (Å²) in [5.41, 5.74) is 3.73. The van der Waals surface area contributed by atoms with Crippen molar-refractivity contribution in [2.45, 2.75) is 38.3 Å². The number of nitrogens with zero attached hydrogens (tertiary/aromatic N) is 3. The predicted molar refractivity (Wildman–Crippen MR) is 128 cm³/mol. The van der Waals surface area contributed by atoms with E-state index in [0.717, 1.165) is 30.0 Å². The van der Waals surface area contributed by atoms with Gasteiger partial charge in [0.1, 0.15) is 12.4 Å². The number of benzene rings is 2. The number of carbonyl (C=O) groups is 1. The van der Waals surface area contributed by atoms with E-state index in [9.17, 15) is 13.2 Å². The van der Waals surface area contributed by atoms with Gasteiger partial charge in [-0.1, -0.05) is 18.2 Å². The molecule has 0 aliphatic carbocycles. The van der Waals surface area contributed by atoms with Gasteiger partial charge in [0, 0.05) is 36.6 Å². The van der Waals surface area contributed by atoms with Gasteiger partial charge >= 0.3 is 6.09 Å². The van der Waals surface area contributed by atoms with Crippen LogP contribution in [0, 0.1) is 6.92 Å². The molecule has 9 heteroatoms. The lowest BCUT2D eigenvalue weighted by Crippen LogP contribution is -2.35. The highest BCUT2D eigenvalue weighted by molar-refractivity contribution is 7.91. The maximum atomic E-state index is 13.0. The molecule has 1 aliphatic heterocycles. The zero-order valence-electron chi connectivity index (χ0n) is 19.0. The molecule has 2 heterocycles. The summed E-state index contributed by atoms with van der Waals surface area (Å²) in [6, 6.07) is 15.0. The molecule has 0 saturated heterocycles. The van der Waals surface area contributed by atoms with Crippen LogP contribution in [0.3, 0.4) is 0 Å². The van der Waals surface area contributed by atoms with Crippen molar-refractivity contribution in [2.24, 2.45) is 0 Å². The van der Waals surface area contributed by atoms with Gasteiger partial charge in [-0.05, 0) is 56.7 Å². The smallest absolute Gasteiger partial charge is 0.411 e. The molecule has 0 radical (unpaired) electrons. The summed E-state index contributed by atoms with van der Waals surface area (Å²) in [5, 5.41) is 2.91. The number of para-hydroxylation sites is 1. The lowest BCUT2D eigenvalue weighted by Gasteiger charge is -2.24. The van der Waals surface area contributed by atoms with Gasteiger partial charge in [-0.2, -0.15) is 0 Å². The number of hydrogen-bond acceptors (Lipinski definition) is 6. The molecular weight excluding hydrogens is 440 g/mol. The van der Waals surface area contributed by atoms with Gasteiger partial charge in [-0.3, -0.25) is 9.88 Å². The first kappa shape index (κ1) is 22.8. The molecule has 0 bridgehead atoms. The molecule has 1 amide bonds. The molecule has 1 aliphatic rings. The molecule has 1 N–H and O–H groups in total. The van der Waals surface area contributed by atoms with Crippen LogP contribution >= 0.6 is 0 Å². The number of hydrogen-bond donors (Lipinski definition) is 1. The highest BCUT2D eigenvalue weighted by Gasteiger charge is 2.37. The molecule has 4 rings (SSSR count). The Bertz CT molecular complexity index is 1250. The Hall–Kier alpha value is -3.33. The number of rotatable bonds is 6. The first-order valence-corrected chi connectivity index (χ1v) is 12.6. The second-order valence-corrected chi connectivity index (χ2v) is 9.96. The van der Waals surface area contributed by atoms with E-state index in [1.54, 1.807) is 4.57 Å². The molecule has 3 aromatic rings. The van der Waals surface area contributed by atoms with E-state index in [2.05, 4.69) is 29.0 Å². The Balaban J connectivity index is 1.47. The number of aryl methyl sites for hydroxylation is 1. The van der Waals surface area contributed by atoms with Crippen LogP contribution in [0.2, 0.25) is 0 Å². The van der Waals surface area contributed by atoms with Crippen molar-refractivity contribution in [2.75, 3.05) is 29.1 Å². The Labute approximate surface area is 194 Å². The fourth-order valence-corrected chi connectivity index (χ4v) is 5.93. The number of amides is 1. The molecular formula is C24H28N4O4S. The van der Waals surface area contributed by atoms with E-state index in [4.69, 9.17) is 4.74 Å². The summed E-state index contributed by atoms with van der Waals surface area (Å²) >= 11 is 0. The van der Waals surface area contributed by atoms with Crippen LogP contribution in [0.5, 0.6) is 0 Å². The van der Waals surface area contributed by atoms with Crippen LogP contribution in [0.4, 0.5) is 16.2 Å². The van der Waals surface area contributed by atoms with Crippen molar-refractivity contribution in [1.82, 2.24) is 9.55 Å². The van der Waals surface area contributed by atoms with E-state index >= 15 is 0 Å². The van der Waals surface area contributed by atoms with Gasteiger partial charge in [0.2, 0.25) is 0 Å². The van der Waals surface area contributed by atoms with E-state index < -0.39 is 22.0 Å². The van der Waals surface area contributed by atoms with Gasteiger partial charge in [0.15, 0.2) is 14.9 Å². The molecule has 1 unspecified atom stereocenters. The minimum atomic E-state index is -3.68. The first-order chi connectivity index (χ1) is 15.8. The molecule has 8 nitrogen and oxygen atoms in total. The second-order valence-electron chi connectivity index (χ2n) is 8.01. The third-order valence-corrected chi connectivity index (χ3v) is 7.63. The topological polar surface area (TPSA) is 93.5 Å². The monoisotopic (exact) mass is 468 g/mol. The molecule has 0 spiro atoms.